The molecule has 12 heteroatoms. The molecule has 4 N–H and O–H groups in total. The Morgan fingerprint density at radius 2 is 1.25 bits per heavy atom. The van der Waals surface area contributed by atoms with E-state index in [0.29, 0.717) is 0 Å². The third-order valence-corrected chi connectivity index (χ3v) is 3.51. The first kappa shape index (κ1) is 26.6. The van der Waals surface area contributed by atoms with Crippen LogP contribution in [0.25, 0.3) is 0 Å². The Hall–Kier alpha value is -3.44. The van der Waals surface area contributed by atoms with Crippen molar-refractivity contribution in [1.29, 1.82) is 0 Å². The number of ether oxygens (including phenoxy) is 2. The predicted octanol–water partition coefficient (Wildman–Crippen LogP) is 1.07. The van der Waals surface area contributed by atoms with Gasteiger partial charge in [0.05, 0.1) is 12.4 Å². The number of hydrogen-bond donors (Lipinski definition) is 3. The normalized spacial score (nSPS) is 11.3. The second-order valence-corrected chi connectivity index (χ2v) is 8.80. The average Bonchev–Trinajstić information content (AvgIpc) is 2.63. The number of rotatable bonds is 8. The molecule has 0 aliphatic carbocycles. The first-order valence-electron chi connectivity index (χ1n) is 10.0. The lowest BCUT2D eigenvalue weighted by Crippen LogP contribution is -2.44. The van der Waals surface area contributed by atoms with Crippen LogP contribution in [0.1, 0.15) is 62.5 Å². The highest BCUT2D eigenvalue weighted by Crippen LogP contribution is 2.07. The molecule has 1 rings (SSSR count). The minimum atomic E-state index is -0.767. The summed E-state index contributed by atoms with van der Waals surface area (Å²) in [6.45, 7) is 10.8. The van der Waals surface area contributed by atoms with Gasteiger partial charge in [-0.2, -0.15) is 0 Å². The molecule has 0 unspecified atom stereocenters. The number of nitrogens with zero attached hydrogens (tertiary/aromatic N) is 3. The molecule has 12 nitrogen and oxygen atoms in total. The second-order valence-electron chi connectivity index (χ2n) is 8.80. The van der Waals surface area contributed by atoms with Crippen LogP contribution in [0.15, 0.2) is 12.4 Å². The van der Waals surface area contributed by atoms with Crippen LogP contribution in [0.3, 0.4) is 0 Å². The van der Waals surface area contributed by atoms with Gasteiger partial charge in [-0.05, 0) is 41.5 Å². The van der Waals surface area contributed by atoms with E-state index in [1.165, 1.54) is 4.90 Å². The Morgan fingerprint density at radius 1 is 0.844 bits per heavy atom. The highest BCUT2D eigenvalue weighted by Gasteiger charge is 2.21. The van der Waals surface area contributed by atoms with Gasteiger partial charge in [0.1, 0.15) is 22.6 Å². The Balaban J connectivity index is 2.78. The number of amides is 4. The molecule has 1 heterocycles. The van der Waals surface area contributed by atoms with E-state index in [9.17, 15) is 19.2 Å². The molecule has 178 valence electrons. The molecule has 0 aliphatic heterocycles. The third-order valence-electron chi connectivity index (χ3n) is 3.51. The van der Waals surface area contributed by atoms with Crippen LogP contribution in [0.5, 0.6) is 0 Å². The van der Waals surface area contributed by atoms with Crippen LogP contribution in [0.2, 0.25) is 0 Å². The van der Waals surface area contributed by atoms with Gasteiger partial charge in [-0.25, -0.2) is 19.6 Å². The van der Waals surface area contributed by atoms with E-state index in [-0.39, 0.29) is 37.6 Å². The smallest absolute Gasteiger partial charge is 0.407 e. The quantitative estimate of drug-likeness (QED) is 0.526. The van der Waals surface area contributed by atoms with Crippen molar-refractivity contribution in [1.82, 2.24) is 25.5 Å². The number of nitrogens with two attached hydrogens (primary N) is 1. The van der Waals surface area contributed by atoms with Crippen molar-refractivity contribution in [2.75, 3.05) is 26.2 Å². The van der Waals surface area contributed by atoms with Gasteiger partial charge in [-0.15, -0.1) is 0 Å². The summed E-state index contributed by atoms with van der Waals surface area (Å²) in [5, 5.41) is 5.13. The van der Waals surface area contributed by atoms with E-state index in [4.69, 9.17) is 15.2 Å². The predicted molar refractivity (Wildman–Crippen MR) is 115 cm³/mol. The van der Waals surface area contributed by atoms with Gasteiger partial charge in [0.25, 0.3) is 11.8 Å². The first-order valence-corrected chi connectivity index (χ1v) is 10.0. The number of primary amides is 1. The van der Waals surface area contributed by atoms with E-state index in [2.05, 4.69) is 20.6 Å². The van der Waals surface area contributed by atoms with Crippen molar-refractivity contribution in [3.8, 4) is 0 Å². The highest BCUT2D eigenvalue weighted by molar-refractivity contribution is 5.93. The molecule has 0 aromatic carbocycles. The molecule has 0 atom stereocenters. The van der Waals surface area contributed by atoms with E-state index < -0.39 is 35.2 Å². The fourth-order valence-corrected chi connectivity index (χ4v) is 2.26. The number of carbonyl (C=O) groups excluding carboxylic acids is 4. The maximum atomic E-state index is 12.9. The summed E-state index contributed by atoms with van der Waals surface area (Å²) in [6, 6.07) is 0. The molecular formula is C20H32N6O6. The van der Waals surface area contributed by atoms with Crippen LogP contribution in [0.4, 0.5) is 9.59 Å². The van der Waals surface area contributed by atoms with Gasteiger partial charge in [0.15, 0.2) is 0 Å². The summed E-state index contributed by atoms with van der Waals surface area (Å²) in [5.41, 5.74) is 3.72. The molecule has 1 aromatic rings. The standard InChI is InChI=1S/C20H32N6O6/c1-19(2,3)31-17(29)22-7-9-26(10-8-23-18(30)32-20(4,5)6)16(28)14-12-24-13(11-25-14)15(21)27/h11-12H,7-10H2,1-6H3,(H2,21,27)(H,22,29)(H,23,30). The van der Waals surface area contributed by atoms with E-state index in [0.717, 1.165) is 12.4 Å². The summed E-state index contributed by atoms with van der Waals surface area (Å²) in [5.74, 6) is -1.28. The largest absolute Gasteiger partial charge is 0.444 e. The molecule has 0 fully saturated rings. The number of alkyl carbamates (subject to hydrolysis) is 2. The number of carbonyl (C=O) groups is 4. The molecule has 0 bridgehead atoms. The molecule has 0 saturated heterocycles. The topological polar surface area (TPSA) is 166 Å². The zero-order valence-corrected chi connectivity index (χ0v) is 19.4. The van der Waals surface area contributed by atoms with Crippen LogP contribution in [0, 0.1) is 0 Å². The van der Waals surface area contributed by atoms with Crippen molar-refractivity contribution in [3.05, 3.63) is 23.8 Å². The molecular weight excluding hydrogens is 420 g/mol. The zero-order valence-electron chi connectivity index (χ0n) is 19.4. The van der Waals surface area contributed by atoms with Gasteiger partial charge in [0, 0.05) is 26.2 Å². The molecule has 1 aromatic heterocycles. The second kappa shape index (κ2) is 11.3. The van der Waals surface area contributed by atoms with Gasteiger partial charge >= 0.3 is 12.2 Å². The molecule has 0 aliphatic rings. The first-order chi connectivity index (χ1) is 14.7. The summed E-state index contributed by atoms with van der Waals surface area (Å²) >= 11 is 0. The summed E-state index contributed by atoms with van der Waals surface area (Å²) < 4.78 is 10.3. The van der Waals surface area contributed by atoms with E-state index in [1.807, 2.05) is 0 Å². The van der Waals surface area contributed by atoms with Gasteiger partial charge < -0.3 is 30.7 Å². The van der Waals surface area contributed by atoms with Gasteiger partial charge in [-0.3, -0.25) is 9.59 Å². The van der Waals surface area contributed by atoms with Crippen molar-refractivity contribution < 1.29 is 28.7 Å². The summed E-state index contributed by atoms with van der Waals surface area (Å²) in [4.78, 5) is 56.8. The minimum Gasteiger partial charge on any atom is -0.444 e. The van der Waals surface area contributed by atoms with Crippen LogP contribution in [-0.2, 0) is 9.47 Å². The Morgan fingerprint density at radius 3 is 1.59 bits per heavy atom. The summed E-state index contributed by atoms with van der Waals surface area (Å²) in [7, 11) is 0. The number of aromatic nitrogens is 2. The van der Waals surface area contributed by atoms with Crippen LogP contribution >= 0.6 is 0 Å². The maximum Gasteiger partial charge on any atom is 0.407 e. The highest BCUT2D eigenvalue weighted by atomic mass is 16.6. The van der Waals surface area contributed by atoms with E-state index >= 15 is 0 Å². The lowest BCUT2D eigenvalue weighted by Gasteiger charge is -2.24. The average molecular weight is 453 g/mol. The van der Waals surface area contributed by atoms with Gasteiger partial charge in [-0.1, -0.05) is 0 Å². The number of hydrogen-bond acceptors (Lipinski definition) is 8. The SMILES string of the molecule is CC(C)(C)OC(=O)NCCN(CCNC(=O)OC(C)(C)C)C(=O)c1cnc(C(N)=O)cn1. The van der Waals surface area contributed by atoms with Crippen LogP contribution < -0.4 is 16.4 Å². The lowest BCUT2D eigenvalue weighted by atomic mass is 10.2. The molecule has 4 amide bonds. The molecule has 32 heavy (non-hydrogen) atoms. The summed E-state index contributed by atoms with van der Waals surface area (Å²) in [6.07, 6.45) is 0.994. The van der Waals surface area contributed by atoms with E-state index in [1.54, 1.807) is 41.5 Å². The van der Waals surface area contributed by atoms with Crippen molar-refractivity contribution in [3.63, 3.8) is 0 Å². The van der Waals surface area contributed by atoms with Crippen molar-refractivity contribution in [2.45, 2.75) is 52.7 Å². The molecule has 0 saturated carbocycles. The van der Waals surface area contributed by atoms with Gasteiger partial charge in [0.2, 0.25) is 0 Å². The fourth-order valence-electron chi connectivity index (χ4n) is 2.26. The van der Waals surface area contributed by atoms with Crippen molar-refractivity contribution >= 4 is 24.0 Å². The Bertz CT molecular complexity index is 779. The zero-order chi connectivity index (χ0) is 24.5. The monoisotopic (exact) mass is 452 g/mol. The maximum absolute atomic E-state index is 12.9. The molecule has 0 spiro atoms. The lowest BCUT2D eigenvalue weighted by molar-refractivity contribution is 0.0507. The third kappa shape index (κ3) is 10.5. The van der Waals surface area contributed by atoms with Crippen LogP contribution in [-0.4, -0.2) is 76.2 Å². The molecule has 0 radical (unpaired) electrons. The number of nitrogens with one attached hydrogen (secondary N) is 2. The minimum absolute atomic E-state index is 0.0236. The Kier molecular flexibility index (Phi) is 9.35. The Labute approximate surface area is 187 Å². The fraction of sp³-hybridized carbons (Fsp3) is 0.600. The van der Waals surface area contributed by atoms with Crippen molar-refractivity contribution in [2.24, 2.45) is 5.73 Å².